The van der Waals surface area contributed by atoms with Crippen LogP contribution in [0.2, 0.25) is 0 Å². The van der Waals surface area contributed by atoms with Crippen molar-refractivity contribution in [2.75, 3.05) is 12.4 Å². The third-order valence-corrected chi connectivity index (χ3v) is 5.62. The van der Waals surface area contributed by atoms with E-state index < -0.39 is 0 Å². The van der Waals surface area contributed by atoms with Gasteiger partial charge in [0.25, 0.3) is 0 Å². The average molecular weight is 360 g/mol. The highest BCUT2D eigenvalue weighted by Gasteiger charge is 2.41. The Hall–Kier alpha value is -2.88. The first-order valence-electron chi connectivity index (χ1n) is 9.48. The van der Waals surface area contributed by atoms with Crippen LogP contribution in [-0.2, 0) is 11.2 Å². The van der Waals surface area contributed by atoms with E-state index in [-0.39, 0.29) is 11.3 Å². The van der Waals surface area contributed by atoms with Crippen LogP contribution >= 0.6 is 0 Å². The van der Waals surface area contributed by atoms with Gasteiger partial charge in [0.2, 0.25) is 5.91 Å². The number of rotatable bonds is 5. The summed E-state index contributed by atoms with van der Waals surface area (Å²) in [5.74, 6) is 0.944. The van der Waals surface area contributed by atoms with Gasteiger partial charge in [0.1, 0.15) is 5.75 Å². The molecule has 1 aliphatic carbocycles. The number of benzene rings is 2. The molecule has 0 unspecified atom stereocenters. The van der Waals surface area contributed by atoms with Gasteiger partial charge in [-0.3, -0.25) is 9.78 Å². The van der Waals surface area contributed by atoms with Crippen molar-refractivity contribution in [2.45, 2.75) is 32.1 Å². The topological polar surface area (TPSA) is 51.2 Å². The van der Waals surface area contributed by atoms with Crippen LogP contribution in [0.3, 0.4) is 0 Å². The van der Waals surface area contributed by atoms with Gasteiger partial charge < -0.3 is 10.1 Å². The fourth-order valence-corrected chi connectivity index (χ4v) is 4.13. The number of nitrogens with one attached hydrogen (secondary N) is 1. The van der Waals surface area contributed by atoms with Gasteiger partial charge in [0, 0.05) is 11.6 Å². The molecule has 2 aromatic carbocycles. The zero-order valence-corrected chi connectivity index (χ0v) is 15.6. The predicted molar refractivity (Wildman–Crippen MR) is 108 cm³/mol. The molecular formula is C23H24N2O2. The molecule has 0 aliphatic heterocycles. The lowest BCUT2D eigenvalue weighted by Crippen LogP contribution is -2.36. The number of fused-ring (bicyclic) bond motifs is 1. The van der Waals surface area contributed by atoms with Crippen LogP contribution in [0, 0.1) is 5.41 Å². The number of para-hydroxylation sites is 1. The third kappa shape index (κ3) is 3.52. The second kappa shape index (κ2) is 7.39. The van der Waals surface area contributed by atoms with E-state index in [1.165, 1.54) is 5.56 Å². The summed E-state index contributed by atoms with van der Waals surface area (Å²) in [6, 6.07) is 17.9. The molecule has 1 heterocycles. The van der Waals surface area contributed by atoms with Gasteiger partial charge in [-0.1, -0.05) is 43.2 Å². The van der Waals surface area contributed by atoms with E-state index in [9.17, 15) is 4.79 Å². The molecule has 1 aromatic heterocycles. The van der Waals surface area contributed by atoms with Crippen molar-refractivity contribution in [3.8, 4) is 5.75 Å². The molecule has 1 saturated carbocycles. The summed E-state index contributed by atoms with van der Waals surface area (Å²) in [7, 11) is 1.67. The number of carbonyl (C=O) groups is 1. The van der Waals surface area contributed by atoms with Crippen molar-refractivity contribution < 1.29 is 9.53 Å². The van der Waals surface area contributed by atoms with Gasteiger partial charge in [-0.25, -0.2) is 0 Å². The quantitative estimate of drug-likeness (QED) is 0.698. The average Bonchev–Trinajstić information content (AvgIpc) is 3.19. The van der Waals surface area contributed by atoms with E-state index in [0.717, 1.165) is 54.4 Å². The Kier molecular flexibility index (Phi) is 4.80. The minimum atomic E-state index is -0.356. The largest absolute Gasteiger partial charge is 0.497 e. The van der Waals surface area contributed by atoms with Crippen molar-refractivity contribution in [3.05, 3.63) is 66.4 Å². The molecule has 0 saturated heterocycles. The van der Waals surface area contributed by atoms with Gasteiger partial charge in [0.05, 0.1) is 23.7 Å². The van der Waals surface area contributed by atoms with Gasteiger partial charge in [-0.05, 0) is 49.1 Å². The van der Waals surface area contributed by atoms with Crippen LogP contribution in [-0.4, -0.2) is 18.0 Å². The Labute approximate surface area is 159 Å². The molecule has 0 spiro atoms. The lowest BCUT2D eigenvalue weighted by molar-refractivity contribution is -0.125. The second-order valence-electron chi connectivity index (χ2n) is 7.35. The highest BCUT2D eigenvalue weighted by atomic mass is 16.5. The van der Waals surface area contributed by atoms with Crippen LogP contribution < -0.4 is 10.1 Å². The van der Waals surface area contributed by atoms with Crippen molar-refractivity contribution in [3.63, 3.8) is 0 Å². The minimum Gasteiger partial charge on any atom is -0.497 e. The molecule has 4 rings (SSSR count). The molecule has 138 valence electrons. The lowest BCUT2D eigenvalue weighted by Gasteiger charge is -2.28. The fourth-order valence-electron chi connectivity index (χ4n) is 4.13. The summed E-state index contributed by atoms with van der Waals surface area (Å²) in [4.78, 5) is 17.8. The normalized spacial score (nSPS) is 15.6. The summed E-state index contributed by atoms with van der Waals surface area (Å²) in [5, 5.41) is 4.22. The summed E-state index contributed by atoms with van der Waals surface area (Å²) in [5.41, 5.74) is 2.44. The Bertz CT molecular complexity index is 939. The third-order valence-electron chi connectivity index (χ3n) is 5.62. The lowest BCUT2D eigenvalue weighted by atomic mass is 9.79. The Morgan fingerprint density at radius 1 is 1.07 bits per heavy atom. The summed E-state index contributed by atoms with van der Waals surface area (Å²) < 4.78 is 5.25. The standard InChI is InChI=1S/C23H24N2O2/c1-27-19-11-9-17(10-12-19)16-23(13-2-3-14-23)22(26)25-20-8-4-6-18-7-5-15-24-21(18)20/h4-12,15H,2-3,13-14,16H2,1H3,(H,25,26). The Morgan fingerprint density at radius 2 is 1.81 bits per heavy atom. The first-order valence-corrected chi connectivity index (χ1v) is 9.48. The number of amides is 1. The monoisotopic (exact) mass is 360 g/mol. The van der Waals surface area contributed by atoms with Crippen molar-refractivity contribution >= 4 is 22.5 Å². The number of ether oxygens (including phenoxy) is 1. The number of aromatic nitrogens is 1. The van der Waals surface area contributed by atoms with Gasteiger partial charge in [0.15, 0.2) is 0 Å². The molecule has 1 N–H and O–H groups in total. The first-order chi connectivity index (χ1) is 13.2. The molecule has 1 amide bonds. The Morgan fingerprint density at radius 3 is 2.56 bits per heavy atom. The number of anilines is 1. The minimum absolute atomic E-state index is 0.106. The number of nitrogens with zero attached hydrogens (tertiary/aromatic N) is 1. The summed E-state index contributed by atoms with van der Waals surface area (Å²) >= 11 is 0. The molecule has 4 nitrogen and oxygen atoms in total. The van der Waals surface area contributed by atoms with E-state index in [0.29, 0.717) is 0 Å². The van der Waals surface area contributed by atoms with Gasteiger partial charge >= 0.3 is 0 Å². The van der Waals surface area contributed by atoms with Crippen LogP contribution in [0.4, 0.5) is 5.69 Å². The Balaban J connectivity index is 1.60. The molecule has 0 atom stereocenters. The summed E-state index contributed by atoms with van der Waals surface area (Å²) in [6.07, 6.45) is 6.54. The molecule has 1 aliphatic rings. The zero-order valence-electron chi connectivity index (χ0n) is 15.6. The predicted octanol–water partition coefficient (Wildman–Crippen LogP) is 4.99. The van der Waals surface area contributed by atoms with Crippen LogP contribution in [0.1, 0.15) is 31.2 Å². The maximum atomic E-state index is 13.3. The highest BCUT2D eigenvalue weighted by molar-refractivity contribution is 6.02. The van der Waals surface area contributed by atoms with Crippen LogP contribution in [0.5, 0.6) is 5.75 Å². The maximum absolute atomic E-state index is 13.3. The molecule has 0 radical (unpaired) electrons. The number of hydrogen-bond donors (Lipinski definition) is 1. The first kappa shape index (κ1) is 17.5. The summed E-state index contributed by atoms with van der Waals surface area (Å²) in [6.45, 7) is 0. The number of methoxy groups -OCH3 is 1. The van der Waals surface area contributed by atoms with Crippen LogP contribution in [0.25, 0.3) is 10.9 Å². The molecular weight excluding hydrogens is 336 g/mol. The zero-order chi connectivity index (χ0) is 18.7. The number of hydrogen-bond acceptors (Lipinski definition) is 3. The molecule has 3 aromatic rings. The van der Waals surface area contributed by atoms with Gasteiger partial charge in [-0.2, -0.15) is 0 Å². The van der Waals surface area contributed by atoms with Crippen molar-refractivity contribution in [1.82, 2.24) is 4.98 Å². The van der Waals surface area contributed by atoms with Gasteiger partial charge in [-0.15, -0.1) is 0 Å². The van der Waals surface area contributed by atoms with E-state index in [2.05, 4.69) is 22.4 Å². The molecule has 27 heavy (non-hydrogen) atoms. The number of pyridine rings is 1. The van der Waals surface area contributed by atoms with E-state index in [1.807, 2.05) is 42.5 Å². The van der Waals surface area contributed by atoms with Crippen LogP contribution in [0.15, 0.2) is 60.8 Å². The number of carbonyl (C=O) groups excluding carboxylic acids is 1. The SMILES string of the molecule is COc1ccc(CC2(C(=O)Nc3cccc4cccnc34)CCCC2)cc1. The van der Waals surface area contributed by atoms with Crippen molar-refractivity contribution in [1.29, 1.82) is 0 Å². The maximum Gasteiger partial charge on any atom is 0.230 e. The van der Waals surface area contributed by atoms with E-state index in [1.54, 1.807) is 13.3 Å². The molecule has 1 fully saturated rings. The molecule has 0 bridgehead atoms. The van der Waals surface area contributed by atoms with Crippen molar-refractivity contribution in [2.24, 2.45) is 5.41 Å². The molecule has 4 heteroatoms. The highest BCUT2D eigenvalue weighted by Crippen LogP contribution is 2.42. The second-order valence-corrected chi connectivity index (χ2v) is 7.35. The smallest absolute Gasteiger partial charge is 0.230 e. The van der Waals surface area contributed by atoms with E-state index in [4.69, 9.17) is 4.74 Å². The fraction of sp³-hybridized carbons (Fsp3) is 0.304. The van der Waals surface area contributed by atoms with E-state index >= 15 is 0 Å².